The Balaban J connectivity index is -0.0000000610. The number of amides is 3. The van der Waals surface area contributed by atoms with E-state index in [0.717, 1.165) is 13.0 Å². The van der Waals surface area contributed by atoms with Crippen LogP contribution in [0, 0.1) is 0 Å². The Hall–Kier alpha value is -1.62. The standard InChI is InChI=1S/C5H12N2O.C3H8N2O2.C2H8N2.CH4.H2O/c1-3-4-7-5(8)6-2;4-1-2-5-3(6)7;3-1-2-4;;/h3-4H2,1-2H3,(H2,6,7,8);5H,1-2,4H2,(H,6,7);1-4H2;1H4;1H2. The van der Waals surface area contributed by atoms with Gasteiger partial charge >= 0.3 is 12.1 Å². The number of hydrogen-bond donors (Lipinski definition) is 7. The van der Waals surface area contributed by atoms with E-state index in [1.54, 1.807) is 7.05 Å². The van der Waals surface area contributed by atoms with E-state index in [1.165, 1.54) is 0 Å². The molecule has 0 fully saturated rings. The molecule has 10 heteroatoms. The van der Waals surface area contributed by atoms with Gasteiger partial charge in [0.05, 0.1) is 0 Å². The third-order valence-corrected chi connectivity index (χ3v) is 1.35. The van der Waals surface area contributed by atoms with Crippen LogP contribution in [0.4, 0.5) is 9.59 Å². The van der Waals surface area contributed by atoms with Crippen LogP contribution >= 0.6 is 0 Å². The van der Waals surface area contributed by atoms with Crippen molar-refractivity contribution in [3.63, 3.8) is 0 Å². The summed E-state index contributed by atoms with van der Waals surface area (Å²) in [5, 5.41) is 15.0. The minimum Gasteiger partial charge on any atom is -0.465 e. The summed E-state index contributed by atoms with van der Waals surface area (Å²) in [4.78, 5) is 19.9. The number of hydrogen-bond acceptors (Lipinski definition) is 5. The summed E-state index contributed by atoms with van der Waals surface area (Å²) < 4.78 is 0. The van der Waals surface area contributed by atoms with Gasteiger partial charge < -0.3 is 43.7 Å². The summed E-state index contributed by atoms with van der Waals surface area (Å²) in [5.41, 5.74) is 14.8. The van der Waals surface area contributed by atoms with E-state index in [1.807, 2.05) is 6.92 Å². The van der Waals surface area contributed by atoms with E-state index in [9.17, 15) is 9.59 Å². The van der Waals surface area contributed by atoms with Crippen molar-refractivity contribution in [2.45, 2.75) is 20.8 Å². The Bertz CT molecular complexity index is 205. The van der Waals surface area contributed by atoms with Crippen LogP contribution in [0.25, 0.3) is 0 Å². The number of nitrogens with two attached hydrogens (primary N) is 3. The van der Waals surface area contributed by atoms with Crippen molar-refractivity contribution in [3.8, 4) is 0 Å². The Morgan fingerprint density at radius 3 is 1.67 bits per heavy atom. The van der Waals surface area contributed by atoms with Gasteiger partial charge in [0.15, 0.2) is 0 Å². The van der Waals surface area contributed by atoms with Crippen molar-refractivity contribution in [2.24, 2.45) is 17.2 Å². The first-order chi connectivity index (χ1) is 8.99. The van der Waals surface area contributed by atoms with Crippen LogP contribution in [0.3, 0.4) is 0 Å². The highest BCUT2D eigenvalue weighted by atomic mass is 16.4. The third kappa shape index (κ3) is 56.0. The van der Waals surface area contributed by atoms with Gasteiger partial charge in [-0.25, -0.2) is 9.59 Å². The lowest BCUT2D eigenvalue weighted by Crippen LogP contribution is -2.32. The first-order valence-corrected chi connectivity index (χ1v) is 6.02. The van der Waals surface area contributed by atoms with Gasteiger partial charge in [-0.05, 0) is 6.42 Å². The predicted molar refractivity (Wildman–Crippen MR) is 86.3 cm³/mol. The Morgan fingerprint density at radius 1 is 1.00 bits per heavy atom. The first kappa shape index (κ1) is 31.7. The van der Waals surface area contributed by atoms with Crippen LogP contribution in [0.1, 0.15) is 20.8 Å². The molecule has 0 atom stereocenters. The summed E-state index contributed by atoms with van der Waals surface area (Å²) in [7, 11) is 1.60. The minimum atomic E-state index is -1.02. The number of nitrogens with one attached hydrogen (secondary N) is 3. The molecule has 132 valence electrons. The molecule has 0 heterocycles. The van der Waals surface area contributed by atoms with Gasteiger partial charge in [-0.1, -0.05) is 14.4 Å². The second-order valence-corrected chi connectivity index (χ2v) is 3.10. The molecule has 12 N–H and O–H groups in total. The molecule has 0 unspecified atom stereocenters. The monoisotopic (exact) mass is 314 g/mol. The van der Waals surface area contributed by atoms with E-state index in [-0.39, 0.29) is 18.9 Å². The molecular formula is C11H34N6O4. The van der Waals surface area contributed by atoms with Crippen LogP contribution in [0.2, 0.25) is 0 Å². The fourth-order valence-corrected chi connectivity index (χ4v) is 0.506. The smallest absolute Gasteiger partial charge is 0.404 e. The van der Waals surface area contributed by atoms with E-state index < -0.39 is 6.09 Å². The molecular weight excluding hydrogens is 280 g/mol. The molecule has 0 radical (unpaired) electrons. The van der Waals surface area contributed by atoms with E-state index >= 15 is 0 Å². The third-order valence-electron chi connectivity index (χ3n) is 1.35. The van der Waals surface area contributed by atoms with Crippen molar-refractivity contribution in [3.05, 3.63) is 0 Å². The fourth-order valence-electron chi connectivity index (χ4n) is 0.506. The van der Waals surface area contributed by atoms with Crippen LogP contribution < -0.4 is 33.2 Å². The lowest BCUT2D eigenvalue weighted by atomic mass is 10.5. The Morgan fingerprint density at radius 2 is 1.48 bits per heavy atom. The van der Waals surface area contributed by atoms with E-state index in [2.05, 4.69) is 16.0 Å². The Labute approximate surface area is 127 Å². The van der Waals surface area contributed by atoms with Gasteiger partial charge in [0, 0.05) is 39.8 Å². The summed E-state index contributed by atoms with van der Waals surface area (Å²) in [6.07, 6.45) is -0.0431. The maximum atomic E-state index is 10.3. The van der Waals surface area contributed by atoms with Gasteiger partial charge in [0.2, 0.25) is 0 Å². The maximum absolute atomic E-state index is 10.3. The predicted octanol–water partition coefficient (Wildman–Crippen LogP) is -1.75. The van der Waals surface area contributed by atoms with E-state index in [0.29, 0.717) is 26.2 Å². The molecule has 0 spiro atoms. The SMILES string of the molecule is C.CCCNC(=O)NC.NCCN.NCCNC(=O)O.O. The second-order valence-electron chi connectivity index (χ2n) is 3.10. The first-order valence-electron chi connectivity index (χ1n) is 6.02. The summed E-state index contributed by atoms with van der Waals surface area (Å²) >= 11 is 0. The van der Waals surface area contributed by atoms with Crippen LogP contribution in [-0.4, -0.2) is 62.5 Å². The zero-order valence-electron chi connectivity index (χ0n) is 12.2. The molecule has 0 saturated heterocycles. The lowest BCUT2D eigenvalue weighted by Gasteiger charge is -1.98. The average Bonchev–Trinajstić information content (AvgIpc) is 2.43. The van der Waals surface area contributed by atoms with Gasteiger partial charge in [-0.3, -0.25) is 0 Å². The normalized spacial score (nSPS) is 7.29. The zero-order chi connectivity index (χ0) is 15.5. The summed E-state index contributed by atoms with van der Waals surface area (Å²) in [5.74, 6) is 0. The highest BCUT2D eigenvalue weighted by molar-refractivity contribution is 5.73. The topological polar surface area (TPSA) is 200 Å². The largest absolute Gasteiger partial charge is 0.465 e. The zero-order valence-corrected chi connectivity index (χ0v) is 12.2. The van der Waals surface area contributed by atoms with Crippen LogP contribution in [0.5, 0.6) is 0 Å². The molecule has 0 saturated carbocycles. The molecule has 10 nitrogen and oxygen atoms in total. The molecule has 0 aromatic carbocycles. The minimum absolute atomic E-state index is 0. The molecule has 3 amide bonds. The second kappa shape index (κ2) is 31.0. The highest BCUT2D eigenvalue weighted by Gasteiger charge is 1.89. The molecule has 0 aliphatic rings. The number of carbonyl (C=O) groups excluding carboxylic acids is 1. The molecule has 0 rings (SSSR count). The van der Waals surface area contributed by atoms with Crippen molar-refractivity contribution < 1.29 is 20.2 Å². The van der Waals surface area contributed by atoms with Crippen LogP contribution in [-0.2, 0) is 0 Å². The number of carbonyl (C=O) groups is 2. The van der Waals surface area contributed by atoms with Crippen molar-refractivity contribution >= 4 is 12.1 Å². The molecule has 0 bridgehead atoms. The average molecular weight is 314 g/mol. The molecule has 0 aliphatic carbocycles. The van der Waals surface area contributed by atoms with Crippen molar-refractivity contribution in [2.75, 3.05) is 39.8 Å². The lowest BCUT2D eigenvalue weighted by molar-refractivity contribution is 0.195. The fraction of sp³-hybridized carbons (Fsp3) is 0.818. The van der Waals surface area contributed by atoms with E-state index in [4.69, 9.17) is 22.3 Å². The number of rotatable bonds is 5. The quantitative estimate of drug-likeness (QED) is 0.313. The number of carboxylic acid groups (broad SMARTS) is 1. The summed E-state index contributed by atoms with van der Waals surface area (Å²) in [6, 6.07) is -0.105. The van der Waals surface area contributed by atoms with Crippen LogP contribution in [0.15, 0.2) is 0 Å². The molecule has 21 heavy (non-hydrogen) atoms. The van der Waals surface area contributed by atoms with Gasteiger partial charge in [-0.15, -0.1) is 0 Å². The molecule has 0 aromatic rings. The van der Waals surface area contributed by atoms with Gasteiger partial charge in [-0.2, -0.15) is 0 Å². The molecule has 0 aliphatic heterocycles. The van der Waals surface area contributed by atoms with Crippen molar-refractivity contribution in [1.82, 2.24) is 16.0 Å². The van der Waals surface area contributed by atoms with Gasteiger partial charge in [0.25, 0.3) is 0 Å². The van der Waals surface area contributed by atoms with Gasteiger partial charge in [0.1, 0.15) is 0 Å². The maximum Gasteiger partial charge on any atom is 0.404 e. The highest BCUT2D eigenvalue weighted by Crippen LogP contribution is 1.68. The van der Waals surface area contributed by atoms with Crippen molar-refractivity contribution in [1.29, 1.82) is 0 Å². The summed E-state index contributed by atoms with van der Waals surface area (Å²) in [6.45, 7) is 4.64. The number of urea groups is 1. The molecule has 0 aromatic heterocycles. The Kier molecular flexibility index (Phi) is 46.8.